The molecule has 1 aromatic rings. The molecule has 1 atom stereocenters. The van der Waals surface area contributed by atoms with E-state index in [0.29, 0.717) is 23.4 Å². The van der Waals surface area contributed by atoms with Gasteiger partial charge in [-0.3, -0.25) is 9.59 Å². The molecule has 4 aliphatic rings. The summed E-state index contributed by atoms with van der Waals surface area (Å²) in [6.45, 7) is 1.76. The summed E-state index contributed by atoms with van der Waals surface area (Å²) < 4.78 is 0. The van der Waals surface area contributed by atoms with Crippen molar-refractivity contribution in [2.24, 2.45) is 23.2 Å². The molecular weight excluding hydrogens is 340 g/mol. The molecule has 4 saturated carbocycles. The Labute approximate surface area is 161 Å². The van der Waals surface area contributed by atoms with Crippen LogP contribution >= 0.6 is 0 Å². The van der Waals surface area contributed by atoms with Crippen LogP contribution in [0, 0.1) is 23.2 Å². The van der Waals surface area contributed by atoms with Crippen molar-refractivity contribution < 1.29 is 9.59 Å². The van der Waals surface area contributed by atoms with Gasteiger partial charge in [-0.15, -0.1) is 0 Å². The maximum atomic E-state index is 13.1. The predicted octanol–water partition coefficient (Wildman–Crippen LogP) is 2.81. The van der Waals surface area contributed by atoms with Gasteiger partial charge in [0, 0.05) is 19.5 Å². The number of rotatable bonds is 5. The van der Waals surface area contributed by atoms with Crippen molar-refractivity contribution in [3.63, 3.8) is 0 Å². The molecule has 0 saturated heterocycles. The van der Waals surface area contributed by atoms with Crippen molar-refractivity contribution in [3.05, 3.63) is 18.3 Å². The summed E-state index contributed by atoms with van der Waals surface area (Å²) in [5.74, 6) is 2.86. The third kappa shape index (κ3) is 3.54. The van der Waals surface area contributed by atoms with Gasteiger partial charge in [0.05, 0.1) is 11.9 Å². The normalized spacial score (nSPS) is 32.0. The van der Waals surface area contributed by atoms with Crippen LogP contribution in [-0.4, -0.2) is 36.9 Å². The van der Waals surface area contributed by atoms with E-state index in [1.54, 1.807) is 13.1 Å². The molecule has 4 fully saturated rings. The van der Waals surface area contributed by atoms with Gasteiger partial charge in [-0.25, -0.2) is 4.98 Å². The molecular formula is C21H30N4O2. The molecule has 0 spiro atoms. The first-order valence-corrected chi connectivity index (χ1v) is 10.1. The molecule has 1 unspecified atom stereocenters. The summed E-state index contributed by atoms with van der Waals surface area (Å²) in [4.78, 5) is 31.8. The zero-order valence-electron chi connectivity index (χ0n) is 16.5. The van der Waals surface area contributed by atoms with Crippen molar-refractivity contribution in [1.82, 2.24) is 10.3 Å². The first-order chi connectivity index (χ1) is 12.8. The summed E-state index contributed by atoms with van der Waals surface area (Å²) in [7, 11) is 3.84. The smallest absolute Gasteiger partial charge is 0.246 e. The predicted molar refractivity (Wildman–Crippen MR) is 105 cm³/mol. The largest absolute Gasteiger partial charge is 0.363 e. The lowest BCUT2D eigenvalue weighted by Crippen LogP contribution is -2.56. The summed E-state index contributed by atoms with van der Waals surface area (Å²) in [6.07, 6.45) is 8.58. The molecule has 2 N–H and O–H groups in total. The van der Waals surface area contributed by atoms with Crippen LogP contribution in [0.1, 0.15) is 45.4 Å². The van der Waals surface area contributed by atoms with Crippen molar-refractivity contribution >= 4 is 23.3 Å². The second kappa shape index (κ2) is 6.80. The molecule has 4 bridgehead atoms. The number of nitrogens with one attached hydrogen (secondary N) is 2. The summed E-state index contributed by atoms with van der Waals surface area (Å²) in [6, 6.07) is 3.13. The zero-order valence-corrected chi connectivity index (χ0v) is 16.5. The second-order valence-corrected chi connectivity index (χ2v) is 9.18. The Morgan fingerprint density at radius 3 is 2.19 bits per heavy atom. The molecule has 1 heterocycles. The highest BCUT2D eigenvalue weighted by atomic mass is 16.2. The molecule has 5 rings (SSSR count). The number of hydrogen-bond donors (Lipinski definition) is 2. The molecule has 0 aromatic carbocycles. The lowest BCUT2D eigenvalue weighted by molar-refractivity contribution is -0.147. The second-order valence-electron chi connectivity index (χ2n) is 9.18. The Morgan fingerprint density at radius 2 is 1.70 bits per heavy atom. The van der Waals surface area contributed by atoms with E-state index >= 15 is 0 Å². The highest BCUT2D eigenvalue weighted by Gasteiger charge is 2.54. The Kier molecular flexibility index (Phi) is 4.60. The SMILES string of the molecule is CC(NC(=O)C12CC3CC(CC(C3)C1)C2)C(=O)Nc1ccc(N(C)C)nc1. The molecule has 1 aromatic heterocycles. The molecule has 2 amide bonds. The van der Waals surface area contributed by atoms with E-state index in [1.165, 1.54) is 19.3 Å². The van der Waals surface area contributed by atoms with Gasteiger partial charge in [-0.05, 0) is 75.3 Å². The van der Waals surface area contributed by atoms with Gasteiger partial charge in [-0.1, -0.05) is 0 Å². The van der Waals surface area contributed by atoms with Crippen LogP contribution in [0.2, 0.25) is 0 Å². The maximum Gasteiger partial charge on any atom is 0.246 e. The highest BCUT2D eigenvalue weighted by molar-refractivity contribution is 5.97. The Bertz CT molecular complexity index is 693. The van der Waals surface area contributed by atoms with E-state index in [2.05, 4.69) is 15.6 Å². The maximum absolute atomic E-state index is 13.1. The minimum absolute atomic E-state index is 0.0883. The van der Waals surface area contributed by atoms with Crippen LogP contribution in [0.4, 0.5) is 11.5 Å². The molecule has 27 heavy (non-hydrogen) atoms. The number of aromatic nitrogens is 1. The standard InChI is InChI=1S/C21H30N4O2/c1-13(19(26)24-17-4-5-18(22-12-17)25(2)3)23-20(27)21-9-14-6-15(10-21)8-16(7-14)11-21/h4-5,12-16H,6-11H2,1-3H3,(H,23,27)(H,24,26). The van der Waals surface area contributed by atoms with E-state index in [4.69, 9.17) is 0 Å². The van der Waals surface area contributed by atoms with Gasteiger partial charge in [0.1, 0.15) is 11.9 Å². The number of nitrogens with zero attached hydrogens (tertiary/aromatic N) is 2. The van der Waals surface area contributed by atoms with Crippen molar-refractivity contribution in [2.45, 2.75) is 51.5 Å². The van der Waals surface area contributed by atoms with E-state index in [9.17, 15) is 9.59 Å². The average molecular weight is 370 g/mol. The van der Waals surface area contributed by atoms with Gasteiger partial charge in [-0.2, -0.15) is 0 Å². The van der Waals surface area contributed by atoms with Gasteiger partial charge in [0.25, 0.3) is 0 Å². The first-order valence-electron chi connectivity index (χ1n) is 10.1. The minimum atomic E-state index is -0.556. The summed E-state index contributed by atoms with van der Waals surface area (Å²) >= 11 is 0. The monoisotopic (exact) mass is 370 g/mol. The van der Waals surface area contributed by atoms with E-state index in [1.807, 2.05) is 31.1 Å². The Morgan fingerprint density at radius 1 is 1.11 bits per heavy atom. The topological polar surface area (TPSA) is 74.3 Å². The molecule has 6 heteroatoms. The van der Waals surface area contributed by atoms with Gasteiger partial charge in [0.2, 0.25) is 11.8 Å². The van der Waals surface area contributed by atoms with E-state index < -0.39 is 6.04 Å². The number of amides is 2. The molecule has 6 nitrogen and oxygen atoms in total. The van der Waals surface area contributed by atoms with Crippen LogP contribution < -0.4 is 15.5 Å². The molecule has 0 radical (unpaired) electrons. The van der Waals surface area contributed by atoms with Crippen molar-refractivity contribution in [3.8, 4) is 0 Å². The molecule has 4 aliphatic carbocycles. The van der Waals surface area contributed by atoms with E-state index in [0.717, 1.165) is 25.1 Å². The lowest BCUT2D eigenvalue weighted by atomic mass is 9.49. The third-order valence-corrected chi connectivity index (χ3v) is 6.73. The number of carbonyl (C=O) groups is 2. The van der Waals surface area contributed by atoms with E-state index in [-0.39, 0.29) is 17.2 Å². The average Bonchev–Trinajstić information content (AvgIpc) is 2.60. The van der Waals surface area contributed by atoms with Crippen LogP contribution in [-0.2, 0) is 9.59 Å². The highest BCUT2D eigenvalue weighted by Crippen LogP contribution is 2.60. The summed E-state index contributed by atoms with van der Waals surface area (Å²) in [5, 5.41) is 5.86. The number of pyridine rings is 1. The molecule has 0 aliphatic heterocycles. The third-order valence-electron chi connectivity index (χ3n) is 6.73. The van der Waals surface area contributed by atoms with Crippen molar-refractivity contribution in [2.75, 3.05) is 24.3 Å². The van der Waals surface area contributed by atoms with Gasteiger partial charge in [0.15, 0.2) is 0 Å². The van der Waals surface area contributed by atoms with Crippen LogP contribution in [0.3, 0.4) is 0 Å². The van der Waals surface area contributed by atoms with Crippen molar-refractivity contribution in [1.29, 1.82) is 0 Å². The fourth-order valence-corrected chi connectivity index (χ4v) is 5.78. The fourth-order valence-electron chi connectivity index (χ4n) is 5.78. The number of carbonyl (C=O) groups excluding carboxylic acids is 2. The molecule has 146 valence electrons. The van der Waals surface area contributed by atoms with Crippen LogP contribution in [0.5, 0.6) is 0 Å². The summed E-state index contributed by atoms with van der Waals surface area (Å²) in [5.41, 5.74) is 0.416. The number of hydrogen-bond acceptors (Lipinski definition) is 4. The zero-order chi connectivity index (χ0) is 19.2. The minimum Gasteiger partial charge on any atom is -0.363 e. The Balaban J connectivity index is 1.36. The van der Waals surface area contributed by atoms with Crippen LogP contribution in [0.25, 0.3) is 0 Å². The number of anilines is 2. The lowest BCUT2D eigenvalue weighted by Gasteiger charge is -2.55. The quantitative estimate of drug-likeness (QED) is 0.836. The van der Waals surface area contributed by atoms with Gasteiger partial charge >= 0.3 is 0 Å². The Hall–Kier alpha value is -2.11. The fraction of sp³-hybridized carbons (Fsp3) is 0.667. The van der Waals surface area contributed by atoms with Crippen LogP contribution in [0.15, 0.2) is 18.3 Å². The van der Waals surface area contributed by atoms with Gasteiger partial charge < -0.3 is 15.5 Å². The first kappa shape index (κ1) is 18.3.